The summed E-state index contributed by atoms with van der Waals surface area (Å²) in [5.74, 6) is 2.13. The fourth-order valence-electron chi connectivity index (χ4n) is 2.11. The third-order valence-electron chi connectivity index (χ3n) is 3.43. The summed E-state index contributed by atoms with van der Waals surface area (Å²) < 4.78 is 0. The average Bonchev–Trinajstić information content (AvgIpc) is 2.33. The lowest BCUT2D eigenvalue weighted by Crippen LogP contribution is -2.45. The summed E-state index contributed by atoms with van der Waals surface area (Å²) >= 11 is 2.02. The zero-order chi connectivity index (χ0) is 12.4. The van der Waals surface area contributed by atoms with E-state index in [-0.39, 0.29) is 0 Å². The molecular weight excluding hydrogens is 232 g/mol. The van der Waals surface area contributed by atoms with Crippen LogP contribution in [0, 0.1) is 0 Å². The summed E-state index contributed by atoms with van der Waals surface area (Å²) in [7, 11) is 0. The maximum absolute atomic E-state index is 9.61. The Morgan fingerprint density at radius 1 is 1.53 bits per heavy atom. The van der Waals surface area contributed by atoms with Crippen molar-refractivity contribution >= 4 is 17.6 Å². The van der Waals surface area contributed by atoms with Gasteiger partial charge < -0.3 is 10.0 Å². The number of aliphatic hydroxyl groups is 1. The first kappa shape index (κ1) is 12.7. The molecule has 4 heteroatoms. The third kappa shape index (κ3) is 2.75. The number of hydrogen-bond acceptors (Lipinski definition) is 4. The van der Waals surface area contributed by atoms with Gasteiger partial charge in [-0.3, -0.25) is 0 Å². The van der Waals surface area contributed by atoms with E-state index in [1.165, 1.54) is 0 Å². The van der Waals surface area contributed by atoms with Crippen molar-refractivity contribution in [2.24, 2.45) is 0 Å². The maximum Gasteiger partial charge on any atom is 0.129 e. The largest absolute Gasteiger partial charge is 0.389 e. The standard InChI is InChI=1S/C13H20N2OS/c1-9-11(3)17-7-6-15(9)13-8-12(10(2)16)4-5-14-13/h4-5,8-11,16H,6-7H2,1-3H3. The molecule has 1 aliphatic rings. The Morgan fingerprint density at radius 2 is 2.29 bits per heavy atom. The van der Waals surface area contributed by atoms with Gasteiger partial charge in [0.1, 0.15) is 5.82 Å². The SMILES string of the molecule is CC(O)c1ccnc(N2CCSC(C)C2C)c1. The van der Waals surface area contributed by atoms with Crippen LogP contribution in [0.3, 0.4) is 0 Å². The highest BCUT2D eigenvalue weighted by molar-refractivity contribution is 8.00. The van der Waals surface area contributed by atoms with Gasteiger partial charge in [0, 0.05) is 29.8 Å². The first-order valence-electron chi connectivity index (χ1n) is 6.12. The van der Waals surface area contributed by atoms with Crippen LogP contribution in [0.25, 0.3) is 0 Å². The maximum atomic E-state index is 9.61. The highest BCUT2D eigenvalue weighted by atomic mass is 32.2. The van der Waals surface area contributed by atoms with Gasteiger partial charge in [-0.05, 0) is 31.5 Å². The van der Waals surface area contributed by atoms with Gasteiger partial charge in [-0.2, -0.15) is 11.8 Å². The summed E-state index contributed by atoms with van der Waals surface area (Å²) in [6.07, 6.45) is 1.36. The van der Waals surface area contributed by atoms with Crippen molar-refractivity contribution in [3.63, 3.8) is 0 Å². The highest BCUT2D eigenvalue weighted by Gasteiger charge is 2.26. The Hall–Kier alpha value is -0.740. The van der Waals surface area contributed by atoms with Crippen molar-refractivity contribution in [1.82, 2.24) is 4.98 Å². The van der Waals surface area contributed by atoms with Crippen LogP contribution in [0.15, 0.2) is 18.3 Å². The Labute approximate surface area is 107 Å². The summed E-state index contributed by atoms with van der Waals surface area (Å²) in [6, 6.07) is 4.37. The predicted molar refractivity (Wildman–Crippen MR) is 73.6 cm³/mol. The Morgan fingerprint density at radius 3 is 3.00 bits per heavy atom. The number of anilines is 1. The minimum Gasteiger partial charge on any atom is -0.389 e. The molecule has 0 aromatic carbocycles. The van der Waals surface area contributed by atoms with Gasteiger partial charge in [0.2, 0.25) is 0 Å². The van der Waals surface area contributed by atoms with Gasteiger partial charge in [0.15, 0.2) is 0 Å². The van der Waals surface area contributed by atoms with E-state index in [1.807, 2.05) is 23.9 Å². The van der Waals surface area contributed by atoms with E-state index in [2.05, 4.69) is 23.7 Å². The van der Waals surface area contributed by atoms with Crippen LogP contribution >= 0.6 is 11.8 Å². The lowest BCUT2D eigenvalue weighted by Gasteiger charge is -2.38. The van der Waals surface area contributed by atoms with Crippen LogP contribution in [0.2, 0.25) is 0 Å². The summed E-state index contributed by atoms with van der Waals surface area (Å²) in [5.41, 5.74) is 0.938. The first-order valence-corrected chi connectivity index (χ1v) is 7.16. The van der Waals surface area contributed by atoms with Crippen molar-refractivity contribution in [1.29, 1.82) is 0 Å². The Bertz CT molecular complexity index is 383. The Kier molecular flexibility index (Phi) is 3.94. The molecule has 94 valence electrons. The molecule has 1 N–H and O–H groups in total. The van der Waals surface area contributed by atoms with E-state index in [1.54, 1.807) is 13.1 Å². The van der Waals surface area contributed by atoms with Gasteiger partial charge in [-0.25, -0.2) is 4.98 Å². The number of rotatable bonds is 2. The summed E-state index contributed by atoms with van der Waals surface area (Å²) in [4.78, 5) is 6.78. The number of thioether (sulfide) groups is 1. The van der Waals surface area contributed by atoms with Crippen molar-refractivity contribution in [3.8, 4) is 0 Å². The summed E-state index contributed by atoms with van der Waals surface area (Å²) in [5, 5.41) is 10.2. The third-order valence-corrected chi connectivity index (χ3v) is 4.77. The molecule has 1 fully saturated rings. The monoisotopic (exact) mass is 252 g/mol. The molecule has 1 saturated heterocycles. The van der Waals surface area contributed by atoms with Gasteiger partial charge in [0.25, 0.3) is 0 Å². The molecule has 0 spiro atoms. The van der Waals surface area contributed by atoms with Crippen LogP contribution < -0.4 is 4.90 Å². The fourth-order valence-corrected chi connectivity index (χ4v) is 3.21. The van der Waals surface area contributed by atoms with E-state index in [4.69, 9.17) is 0 Å². The van der Waals surface area contributed by atoms with Crippen molar-refractivity contribution in [2.75, 3.05) is 17.2 Å². The average molecular weight is 252 g/mol. The zero-order valence-electron chi connectivity index (χ0n) is 10.6. The number of nitrogens with zero attached hydrogens (tertiary/aromatic N) is 2. The number of aliphatic hydroxyl groups excluding tert-OH is 1. The molecule has 17 heavy (non-hydrogen) atoms. The second-order valence-electron chi connectivity index (χ2n) is 4.63. The minimum absolute atomic E-state index is 0.427. The smallest absolute Gasteiger partial charge is 0.129 e. The quantitative estimate of drug-likeness (QED) is 0.877. The topological polar surface area (TPSA) is 36.4 Å². The normalized spacial score (nSPS) is 26.9. The van der Waals surface area contributed by atoms with Crippen LogP contribution in [-0.2, 0) is 0 Å². The van der Waals surface area contributed by atoms with Crippen molar-refractivity contribution in [3.05, 3.63) is 23.9 Å². The van der Waals surface area contributed by atoms with Crippen molar-refractivity contribution < 1.29 is 5.11 Å². The molecule has 0 aliphatic carbocycles. The van der Waals surface area contributed by atoms with Crippen LogP contribution in [0.5, 0.6) is 0 Å². The van der Waals surface area contributed by atoms with E-state index in [9.17, 15) is 5.11 Å². The molecule has 1 aromatic heterocycles. The van der Waals surface area contributed by atoms with Gasteiger partial charge in [-0.15, -0.1) is 0 Å². The molecule has 3 atom stereocenters. The number of pyridine rings is 1. The molecule has 3 unspecified atom stereocenters. The van der Waals surface area contributed by atoms with E-state index < -0.39 is 6.10 Å². The fraction of sp³-hybridized carbons (Fsp3) is 0.615. The molecule has 3 nitrogen and oxygen atoms in total. The molecule has 0 bridgehead atoms. The molecule has 2 heterocycles. The zero-order valence-corrected chi connectivity index (χ0v) is 11.4. The lowest BCUT2D eigenvalue weighted by molar-refractivity contribution is 0.199. The van der Waals surface area contributed by atoms with Crippen LogP contribution in [0.4, 0.5) is 5.82 Å². The van der Waals surface area contributed by atoms with E-state index in [0.29, 0.717) is 11.3 Å². The number of aromatic nitrogens is 1. The lowest BCUT2D eigenvalue weighted by atomic mass is 10.1. The molecule has 0 amide bonds. The molecule has 1 aliphatic heterocycles. The predicted octanol–water partition coefficient (Wildman–Crippen LogP) is 2.47. The Balaban J connectivity index is 2.23. The van der Waals surface area contributed by atoms with Crippen LogP contribution in [-0.4, -0.2) is 33.7 Å². The van der Waals surface area contributed by atoms with E-state index in [0.717, 1.165) is 23.7 Å². The van der Waals surface area contributed by atoms with Crippen molar-refractivity contribution in [2.45, 2.75) is 38.2 Å². The van der Waals surface area contributed by atoms with Gasteiger partial charge in [-0.1, -0.05) is 6.92 Å². The second kappa shape index (κ2) is 5.27. The molecule has 0 radical (unpaired) electrons. The second-order valence-corrected chi connectivity index (χ2v) is 6.12. The van der Waals surface area contributed by atoms with E-state index >= 15 is 0 Å². The van der Waals surface area contributed by atoms with Crippen LogP contribution in [0.1, 0.15) is 32.4 Å². The van der Waals surface area contributed by atoms with Gasteiger partial charge >= 0.3 is 0 Å². The molecular formula is C13H20N2OS. The molecule has 0 saturated carbocycles. The van der Waals surface area contributed by atoms with Gasteiger partial charge in [0.05, 0.1) is 6.10 Å². The first-order chi connectivity index (χ1) is 8.09. The highest BCUT2D eigenvalue weighted by Crippen LogP contribution is 2.28. The molecule has 1 aromatic rings. The molecule has 2 rings (SSSR count). The minimum atomic E-state index is -0.427. The number of hydrogen-bond donors (Lipinski definition) is 1. The summed E-state index contributed by atoms with van der Waals surface area (Å²) in [6.45, 7) is 7.33.